The summed E-state index contributed by atoms with van der Waals surface area (Å²) < 4.78 is 2.02. The van der Waals surface area contributed by atoms with Crippen molar-refractivity contribution in [3.63, 3.8) is 0 Å². The maximum Gasteiger partial charge on any atom is 0.166 e. The summed E-state index contributed by atoms with van der Waals surface area (Å²) in [5, 5.41) is 0. The van der Waals surface area contributed by atoms with Gasteiger partial charge in [0.2, 0.25) is 0 Å². The van der Waals surface area contributed by atoms with E-state index in [1.807, 2.05) is 65.2 Å². The van der Waals surface area contributed by atoms with Gasteiger partial charge in [0.1, 0.15) is 0 Å². The summed E-state index contributed by atoms with van der Waals surface area (Å²) >= 11 is 0. The third-order valence-corrected chi connectivity index (χ3v) is 4.35. The van der Waals surface area contributed by atoms with Crippen LogP contribution in [-0.2, 0) is 11.3 Å². The minimum absolute atomic E-state index is 0.0491. The van der Waals surface area contributed by atoms with Gasteiger partial charge in [-0.15, -0.1) is 0 Å². The molecule has 0 spiro atoms. The molecule has 1 unspecified atom stereocenters. The van der Waals surface area contributed by atoms with Crippen LogP contribution >= 0.6 is 0 Å². The predicted molar refractivity (Wildman–Crippen MR) is 89.5 cm³/mol. The maximum atomic E-state index is 12.3. The Morgan fingerprint density at radius 3 is 2.52 bits per heavy atom. The van der Waals surface area contributed by atoms with Crippen molar-refractivity contribution >= 4 is 12.1 Å². The number of aldehydes is 1. The van der Waals surface area contributed by atoms with Gasteiger partial charge in [-0.3, -0.25) is 9.59 Å². The average molecular weight is 308 g/mol. The predicted octanol–water partition coefficient (Wildman–Crippen LogP) is 2.85. The Bertz CT molecular complexity index is 759. The van der Waals surface area contributed by atoms with Crippen LogP contribution in [0.2, 0.25) is 0 Å². The molecule has 1 aliphatic heterocycles. The van der Waals surface area contributed by atoms with Crippen molar-refractivity contribution in [2.24, 2.45) is 0 Å². The lowest BCUT2D eigenvalue weighted by molar-refractivity contribution is -0.113. The number of carbonyl (C=O) groups excluding carboxylic acids is 2. The highest BCUT2D eigenvalue weighted by Crippen LogP contribution is 2.34. The molecule has 1 atom stereocenters. The third kappa shape index (κ3) is 2.84. The lowest BCUT2D eigenvalue weighted by Crippen LogP contribution is -2.27. The van der Waals surface area contributed by atoms with Crippen LogP contribution in [0.5, 0.6) is 0 Å². The second-order valence-electron chi connectivity index (χ2n) is 5.92. The maximum absolute atomic E-state index is 12.3. The van der Waals surface area contributed by atoms with E-state index >= 15 is 0 Å². The number of carbonyl (C=O) groups is 2. The molecule has 4 nitrogen and oxygen atoms in total. The van der Waals surface area contributed by atoms with Gasteiger partial charge >= 0.3 is 0 Å². The van der Waals surface area contributed by atoms with E-state index in [0.717, 1.165) is 36.2 Å². The van der Waals surface area contributed by atoms with Crippen molar-refractivity contribution in [2.75, 3.05) is 13.6 Å². The number of likely N-dealkylation sites (N-methyl/N-ethyl adjacent to an activating group) is 1. The molecular formula is C19H20N2O2. The number of hydrogen-bond donors (Lipinski definition) is 0. The zero-order valence-corrected chi connectivity index (χ0v) is 13.4. The van der Waals surface area contributed by atoms with Crippen molar-refractivity contribution in [1.29, 1.82) is 0 Å². The molecular weight excluding hydrogens is 288 g/mol. The minimum Gasteiger partial charge on any atom is -0.378 e. The van der Waals surface area contributed by atoms with Gasteiger partial charge in [0.25, 0.3) is 0 Å². The van der Waals surface area contributed by atoms with Gasteiger partial charge in [-0.05, 0) is 24.6 Å². The van der Waals surface area contributed by atoms with Crippen molar-refractivity contribution in [2.45, 2.75) is 19.4 Å². The van der Waals surface area contributed by atoms with Crippen LogP contribution in [0.3, 0.4) is 0 Å². The van der Waals surface area contributed by atoms with Crippen LogP contribution in [0.25, 0.3) is 0 Å². The molecule has 1 aromatic carbocycles. The average Bonchev–Trinajstić information content (AvgIpc) is 2.93. The van der Waals surface area contributed by atoms with Crippen molar-refractivity contribution < 1.29 is 9.59 Å². The fourth-order valence-corrected chi connectivity index (χ4v) is 3.20. The molecule has 2 heterocycles. The zero-order valence-electron chi connectivity index (χ0n) is 13.4. The van der Waals surface area contributed by atoms with Crippen LogP contribution in [0.15, 0.2) is 54.2 Å². The molecule has 0 N–H and O–H groups in total. The highest BCUT2D eigenvalue weighted by atomic mass is 16.1. The fourth-order valence-electron chi connectivity index (χ4n) is 3.20. The molecule has 2 aromatic rings. The quantitative estimate of drug-likeness (QED) is 0.819. The molecule has 1 aliphatic rings. The normalized spacial score (nSPS) is 20.0. The SMILES string of the molecule is CC(=O)/C1=C/N(C)CCn2c(C=O)ccc2C1c1ccccc1. The minimum atomic E-state index is -0.162. The first-order valence-electron chi connectivity index (χ1n) is 7.74. The Balaban J connectivity index is 2.25. The Morgan fingerprint density at radius 2 is 1.87 bits per heavy atom. The van der Waals surface area contributed by atoms with Crippen LogP contribution < -0.4 is 0 Å². The summed E-state index contributed by atoms with van der Waals surface area (Å²) in [5.41, 5.74) is 3.45. The zero-order chi connectivity index (χ0) is 16.4. The monoisotopic (exact) mass is 308 g/mol. The second-order valence-corrected chi connectivity index (χ2v) is 5.92. The van der Waals surface area contributed by atoms with Gasteiger partial charge in [-0.2, -0.15) is 0 Å². The number of nitrogens with zero attached hydrogens (tertiary/aromatic N) is 2. The Morgan fingerprint density at radius 1 is 1.13 bits per heavy atom. The highest BCUT2D eigenvalue weighted by Gasteiger charge is 2.27. The van der Waals surface area contributed by atoms with Gasteiger partial charge in [-0.25, -0.2) is 0 Å². The van der Waals surface area contributed by atoms with Crippen molar-refractivity contribution in [1.82, 2.24) is 9.47 Å². The number of ketones is 1. The lowest BCUT2D eigenvalue weighted by Gasteiger charge is -2.28. The molecule has 0 saturated carbocycles. The molecule has 4 heteroatoms. The summed E-state index contributed by atoms with van der Waals surface area (Å²) in [6, 6.07) is 13.8. The molecule has 1 aromatic heterocycles. The number of Topliss-reactive ketones (excluding diaryl/α,β-unsaturated/α-hetero) is 1. The van der Waals surface area contributed by atoms with E-state index in [4.69, 9.17) is 0 Å². The smallest absolute Gasteiger partial charge is 0.166 e. The lowest BCUT2D eigenvalue weighted by atomic mass is 9.86. The van der Waals surface area contributed by atoms with Crippen molar-refractivity contribution in [3.8, 4) is 0 Å². The van der Waals surface area contributed by atoms with Gasteiger partial charge in [-0.1, -0.05) is 30.3 Å². The first-order chi connectivity index (χ1) is 11.1. The number of fused-ring (bicyclic) bond motifs is 1. The summed E-state index contributed by atoms with van der Waals surface area (Å²) in [6.45, 7) is 3.07. The molecule has 0 aliphatic carbocycles. The van der Waals surface area contributed by atoms with Crippen LogP contribution in [0.1, 0.15) is 34.6 Å². The van der Waals surface area contributed by atoms with Gasteiger partial charge in [0.15, 0.2) is 12.1 Å². The summed E-state index contributed by atoms with van der Waals surface area (Å²) in [4.78, 5) is 25.7. The van der Waals surface area contributed by atoms with E-state index in [0.29, 0.717) is 5.69 Å². The summed E-state index contributed by atoms with van der Waals surface area (Å²) in [6.07, 6.45) is 2.82. The molecule has 0 saturated heterocycles. The van der Waals surface area contributed by atoms with Gasteiger partial charge in [0.05, 0.1) is 11.6 Å². The third-order valence-electron chi connectivity index (χ3n) is 4.35. The standard InChI is InChI=1S/C19H20N2O2/c1-14(23)17-12-20(2)10-11-21-16(13-22)8-9-18(21)19(17)15-6-4-3-5-7-15/h3-9,12-13,19H,10-11H2,1-2H3/b17-12-. The summed E-state index contributed by atoms with van der Waals surface area (Å²) in [7, 11) is 1.96. The molecule has 0 amide bonds. The van der Waals surface area contributed by atoms with Crippen LogP contribution in [-0.4, -0.2) is 35.1 Å². The topological polar surface area (TPSA) is 42.3 Å². The van der Waals surface area contributed by atoms with E-state index in [-0.39, 0.29) is 11.7 Å². The molecule has 0 radical (unpaired) electrons. The number of hydrogen-bond acceptors (Lipinski definition) is 3. The fraction of sp³-hybridized carbons (Fsp3) is 0.263. The Kier molecular flexibility index (Phi) is 4.15. The molecule has 3 rings (SSSR count). The number of rotatable bonds is 3. The Hall–Kier alpha value is -2.62. The molecule has 0 bridgehead atoms. The first-order valence-corrected chi connectivity index (χ1v) is 7.74. The number of benzene rings is 1. The molecule has 23 heavy (non-hydrogen) atoms. The van der Waals surface area contributed by atoms with Gasteiger partial charge < -0.3 is 9.47 Å². The van der Waals surface area contributed by atoms with E-state index < -0.39 is 0 Å². The number of aromatic nitrogens is 1. The van der Waals surface area contributed by atoms with E-state index in [2.05, 4.69) is 0 Å². The highest BCUT2D eigenvalue weighted by molar-refractivity contribution is 5.95. The van der Waals surface area contributed by atoms with Crippen molar-refractivity contribution in [3.05, 3.63) is 71.2 Å². The summed E-state index contributed by atoms with van der Waals surface area (Å²) in [5.74, 6) is -0.113. The molecule has 118 valence electrons. The van der Waals surface area contributed by atoms with E-state index in [1.165, 1.54) is 0 Å². The van der Waals surface area contributed by atoms with Crippen LogP contribution in [0, 0.1) is 0 Å². The van der Waals surface area contributed by atoms with Crippen LogP contribution in [0.4, 0.5) is 0 Å². The molecule has 0 fully saturated rings. The Labute approximate surface area is 136 Å². The van der Waals surface area contributed by atoms with E-state index in [1.54, 1.807) is 6.92 Å². The number of allylic oxidation sites excluding steroid dienone is 1. The van der Waals surface area contributed by atoms with E-state index in [9.17, 15) is 9.59 Å². The second kappa shape index (κ2) is 6.24. The largest absolute Gasteiger partial charge is 0.378 e. The first kappa shape index (κ1) is 15.3. The van der Waals surface area contributed by atoms with Gasteiger partial charge in [0, 0.05) is 37.6 Å².